The lowest BCUT2D eigenvalue weighted by atomic mass is 10.1. The van der Waals surface area contributed by atoms with Crippen molar-refractivity contribution in [1.29, 1.82) is 0 Å². The number of hydrogen-bond donors (Lipinski definition) is 1. The van der Waals surface area contributed by atoms with Crippen LogP contribution < -0.4 is 14.8 Å². The molecule has 0 aliphatic rings. The molecule has 0 bridgehead atoms. The van der Waals surface area contributed by atoms with E-state index in [9.17, 15) is 9.59 Å². The molecule has 0 aromatic heterocycles. The van der Waals surface area contributed by atoms with Crippen LogP contribution in [0, 0.1) is 0 Å². The summed E-state index contributed by atoms with van der Waals surface area (Å²) in [5, 5.41) is 2.88. The lowest BCUT2D eigenvalue weighted by molar-refractivity contribution is -0.116. The first-order valence-corrected chi connectivity index (χ1v) is 9.52. The maximum absolute atomic E-state index is 12.7. The Labute approximate surface area is 166 Å². The molecule has 2 aromatic carbocycles. The van der Waals surface area contributed by atoms with Crippen LogP contribution in [-0.4, -0.2) is 43.5 Å². The Morgan fingerprint density at radius 1 is 0.964 bits per heavy atom. The molecule has 0 heterocycles. The van der Waals surface area contributed by atoms with Crippen LogP contribution in [0.3, 0.4) is 0 Å². The molecule has 1 N–H and O–H groups in total. The summed E-state index contributed by atoms with van der Waals surface area (Å²) in [5.41, 5.74) is 2.27. The van der Waals surface area contributed by atoms with Crippen LogP contribution in [0.1, 0.15) is 36.7 Å². The molecule has 0 unspecified atom stereocenters. The number of hydrogen-bond acceptors (Lipinski definition) is 4. The quantitative estimate of drug-likeness (QED) is 0.715. The zero-order chi connectivity index (χ0) is 20.5. The van der Waals surface area contributed by atoms with Crippen molar-refractivity contribution in [2.45, 2.75) is 27.2 Å². The van der Waals surface area contributed by atoms with Gasteiger partial charge in [-0.25, -0.2) is 0 Å². The summed E-state index contributed by atoms with van der Waals surface area (Å²) >= 11 is 0. The second-order valence-corrected chi connectivity index (χ2v) is 6.25. The lowest BCUT2D eigenvalue weighted by Gasteiger charge is -2.19. The van der Waals surface area contributed by atoms with Crippen molar-refractivity contribution in [2.24, 2.45) is 0 Å². The zero-order valence-corrected chi connectivity index (χ0v) is 17.0. The Morgan fingerprint density at radius 3 is 2.32 bits per heavy atom. The van der Waals surface area contributed by atoms with E-state index in [0.717, 1.165) is 17.7 Å². The zero-order valence-electron chi connectivity index (χ0n) is 17.0. The van der Waals surface area contributed by atoms with Gasteiger partial charge in [0.15, 0.2) is 11.5 Å². The third-order valence-corrected chi connectivity index (χ3v) is 4.19. The molecule has 2 aromatic rings. The molecule has 0 radical (unpaired) electrons. The predicted molar refractivity (Wildman–Crippen MR) is 110 cm³/mol. The normalized spacial score (nSPS) is 10.3. The summed E-state index contributed by atoms with van der Waals surface area (Å²) in [4.78, 5) is 26.5. The Balaban J connectivity index is 2.07. The number of aryl methyl sites for hydroxylation is 1. The van der Waals surface area contributed by atoms with Crippen LogP contribution in [0.4, 0.5) is 5.69 Å². The summed E-state index contributed by atoms with van der Waals surface area (Å²) in [5.74, 6) is 0.609. The lowest BCUT2D eigenvalue weighted by Crippen LogP contribution is -2.35. The molecule has 6 heteroatoms. The molecule has 28 heavy (non-hydrogen) atoms. The summed E-state index contributed by atoms with van der Waals surface area (Å²) in [6.45, 7) is 6.71. The fraction of sp³-hybridized carbons (Fsp3) is 0.364. The average Bonchev–Trinajstić information content (AvgIpc) is 2.69. The van der Waals surface area contributed by atoms with Crippen molar-refractivity contribution < 1.29 is 19.1 Å². The van der Waals surface area contributed by atoms with Crippen molar-refractivity contribution in [2.75, 3.05) is 32.1 Å². The van der Waals surface area contributed by atoms with E-state index >= 15 is 0 Å². The summed E-state index contributed by atoms with van der Waals surface area (Å²) < 4.78 is 11.1. The number of para-hydroxylation sites is 1. The second kappa shape index (κ2) is 10.3. The van der Waals surface area contributed by atoms with Crippen LogP contribution in [0.25, 0.3) is 0 Å². The summed E-state index contributed by atoms with van der Waals surface area (Å²) in [6, 6.07) is 12.7. The van der Waals surface area contributed by atoms with Gasteiger partial charge >= 0.3 is 0 Å². The number of amides is 2. The van der Waals surface area contributed by atoms with E-state index in [4.69, 9.17) is 9.47 Å². The fourth-order valence-electron chi connectivity index (χ4n) is 2.83. The number of carbonyl (C=O) groups is 2. The molecule has 0 aliphatic heterocycles. The van der Waals surface area contributed by atoms with Gasteiger partial charge in [0.2, 0.25) is 5.91 Å². The molecule has 6 nitrogen and oxygen atoms in total. The van der Waals surface area contributed by atoms with Gasteiger partial charge in [0.25, 0.3) is 5.91 Å². The second-order valence-electron chi connectivity index (χ2n) is 6.25. The van der Waals surface area contributed by atoms with Crippen molar-refractivity contribution in [1.82, 2.24) is 4.90 Å². The van der Waals surface area contributed by atoms with Gasteiger partial charge in [-0.3, -0.25) is 9.59 Å². The Kier molecular flexibility index (Phi) is 7.87. The highest BCUT2D eigenvalue weighted by Crippen LogP contribution is 2.29. The SMILES string of the molecule is CCOc1ccc(C(=O)N(C)CC(=O)Nc2ccccc2CC)cc1OCC. The minimum atomic E-state index is -0.261. The monoisotopic (exact) mass is 384 g/mol. The Morgan fingerprint density at radius 2 is 1.64 bits per heavy atom. The van der Waals surface area contributed by atoms with E-state index in [1.165, 1.54) is 4.90 Å². The number of likely N-dealkylation sites (N-methyl/N-ethyl adjacent to an activating group) is 1. The van der Waals surface area contributed by atoms with Gasteiger partial charge in [-0.15, -0.1) is 0 Å². The average molecular weight is 384 g/mol. The molecular weight excluding hydrogens is 356 g/mol. The van der Waals surface area contributed by atoms with Crippen molar-refractivity contribution >= 4 is 17.5 Å². The first-order chi connectivity index (χ1) is 13.5. The third-order valence-electron chi connectivity index (χ3n) is 4.19. The number of benzene rings is 2. The van der Waals surface area contributed by atoms with E-state index < -0.39 is 0 Å². The number of anilines is 1. The minimum absolute atomic E-state index is 0.0476. The molecule has 0 fully saturated rings. The van der Waals surface area contributed by atoms with Gasteiger partial charge in [-0.05, 0) is 50.1 Å². The molecule has 2 rings (SSSR count). The van der Waals surface area contributed by atoms with Crippen molar-refractivity contribution in [3.8, 4) is 11.5 Å². The minimum Gasteiger partial charge on any atom is -0.490 e. The largest absolute Gasteiger partial charge is 0.490 e. The van der Waals surface area contributed by atoms with E-state index in [1.807, 2.05) is 45.0 Å². The molecule has 0 aliphatic carbocycles. The number of carbonyl (C=O) groups excluding carboxylic acids is 2. The highest BCUT2D eigenvalue weighted by atomic mass is 16.5. The molecule has 0 saturated carbocycles. The first-order valence-electron chi connectivity index (χ1n) is 9.52. The van der Waals surface area contributed by atoms with Gasteiger partial charge in [-0.2, -0.15) is 0 Å². The molecule has 0 atom stereocenters. The van der Waals surface area contributed by atoms with E-state index in [-0.39, 0.29) is 18.4 Å². The number of nitrogens with zero attached hydrogens (tertiary/aromatic N) is 1. The van der Waals surface area contributed by atoms with Crippen molar-refractivity contribution in [3.63, 3.8) is 0 Å². The standard InChI is InChI=1S/C22H28N2O4/c1-5-16-10-8-9-11-18(16)23-21(25)15-24(4)22(26)17-12-13-19(27-6-2)20(14-17)28-7-3/h8-14H,5-7,15H2,1-4H3,(H,23,25). The van der Waals surface area contributed by atoms with Crippen LogP contribution >= 0.6 is 0 Å². The van der Waals surface area contributed by atoms with Gasteiger partial charge in [0, 0.05) is 18.3 Å². The van der Waals surface area contributed by atoms with E-state index in [2.05, 4.69) is 5.32 Å². The number of nitrogens with one attached hydrogen (secondary N) is 1. The highest BCUT2D eigenvalue weighted by molar-refractivity contribution is 5.99. The molecule has 0 spiro atoms. The van der Waals surface area contributed by atoms with Crippen LogP contribution in [-0.2, 0) is 11.2 Å². The van der Waals surface area contributed by atoms with Gasteiger partial charge in [0.05, 0.1) is 19.8 Å². The smallest absolute Gasteiger partial charge is 0.254 e. The number of ether oxygens (including phenoxy) is 2. The summed E-state index contributed by atoms with van der Waals surface area (Å²) in [7, 11) is 1.60. The Bertz CT molecular complexity index is 820. The Hall–Kier alpha value is -3.02. The van der Waals surface area contributed by atoms with Gasteiger partial charge in [0.1, 0.15) is 0 Å². The first kappa shape index (κ1) is 21.3. The van der Waals surface area contributed by atoms with Gasteiger partial charge < -0.3 is 19.7 Å². The van der Waals surface area contributed by atoms with E-state index in [0.29, 0.717) is 30.3 Å². The summed E-state index contributed by atoms with van der Waals surface area (Å²) in [6.07, 6.45) is 0.817. The van der Waals surface area contributed by atoms with E-state index in [1.54, 1.807) is 25.2 Å². The maximum Gasteiger partial charge on any atom is 0.254 e. The fourth-order valence-corrected chi connectivity index (χ4v) is 2.83. The third kappa shape index (κ3) is 5.49. The molecule has 0 saturated heterocycles. The highest BCUT2D eigenvalue weighted by Gasteiger charge is 2.18. The molecule has 150 valence electrons. The van der Waals surface area contributed by atoms with Crippen LogP contribution in [0.2, 0.25) is 0 Å². The van der Waals surface area contributed by atoms with Crippen LogP contribution in [0.15, 0.2) is 42.5 Å². The van der Waals surface area contributed by atoms with Gasteiger partial charge in [-0.1, -0.05) is 25.1 Å². The van der Waals surface area contributed by atoms with Crippen LogP contribution in [0.5, 0.6) is 11.5 Å². The maximum atomic E-state index is 12.7. The topological polar surface area (TPSA) is 67.9 Å². The number of rotatable bonds is 9. The van der Waals surface area contributed by atoms with Crippen molar-refractivity contribution in [3.05, 3.63) is 53.6 Å². The molecular formula is C22H28N2O4. The molecule has 2 amide bonds. The predicted octanol–water partition coefficient (Wildman–Crippen LogP) is 3.76.